The summed E-state index contributed by atoms with van der Waals surface area (Å²) in [5.41, 5.74) is 5.63. The van der Waals surface area contributed by atoms with E-state index in [0.29, 0.717) is 17.0 Å². The zero-order valence-electron chi connectivity index (χ0n) is 19.9. The predicted octanol–water partition coefficient (Wildman–Crippen LogP) is 5.34. The highest BCUT2D eigenvalue weighted by molar-refractivity contribution is 6.23. The summed E-state index contributed by atoms with van der Waals surface area (Å²) in [7, 11) is 0. The van der Waals surface area contributed by atoms with Gasteiger partial charge in [-0.05, 0) is 34.4 Å². The van der Waals surface area contributed by atoms with Crippen molar-refractivity contribution in [3.05, 3.63) is 131 Å². The van der Waals surface area contributed by atoms with Crippen LogP contribution >= 0.6 is 0 Å². The summed E-state index contributed by atoms with van der Waals surface area (Å²) in [4.78, 5) is 41.7. The van der Waals surface area contributed by atoms with Crippen molar-refractivity contribution in [2.24, 2.45) is 11.8 Å². The molecule has 1 fully saturated rings. The van der Waals surface area contributed by atoms with Crippen LogP contribution in [0.2, 0.25) is 0 Å². The number of amides is 2. The van der Waals surface area contributed by atoms with Crippen LogP contribution in [-0.2, 0) is 9.59 Å². The summed E-state index contributed by atoms with van der Waals surface area (Å²) in [6, 6.07) is 32.3. The van der Waals surface area contributed by atoms with Gasteiger partial charge in [-0.2, -0.15) is 0 Å². The second kappa shape index (κ2) is 8.27. The first-order valence-electron chi connectivity index (χ1n) is 12.5. The molecule has 0 radical (unpaired) electrons. The quantitative estimate of drug-likeness (QED) is 0.283. The molecular formula is C32H23NO4. The number of anilines is 1. The third kappa shape index (κ3) is 3.20. The fraction of sp³-hybridized carbons (Fsp3) is 0.156. The maximum Gasteiger partial charge on any atom is 0.238 e. The first-order valence-corrected chi connectivity index (χ1v) is 12.5. The number of ether oxygens (including phenoxy) is 1. The van der Waals surface area contributed by atoms with E-state index < -0.39 is 11.8 Å². The Morgan fingerprint density at radius 3 is 1.70 bits per heavy atom. The van der Waals surface area contributed by atoms with E-state index >= 15 is 0 Å². The van der Waals surface area contributed by atoms with Gasteiger partial charge in [-0.15, -0.1) is 0 Å². The van der Waals surface area contributed by atoms with Gasteiger partial charge in [0, 0.05) is 23.5 Å². The number of carbonyl (C=O) groups is 3. The van der Waals surface area contributed by atoms with Gasteiger partial charge in [0.05, 0.1) is 17.5 Å². The molecule has 2 bridgehead atoms. The molecule has 5 heteroatoms. The maximum absolute atomic E-state index is 13.9. The van der Waals surface area contributed by atoms with Crippen LogP contribution in [-0.4, -0.2) is 24.2 Å². The molecule has 1 saturated heterocycles. The van der Waals surface area contributed by atoms with Crippen molar-refractivity contribution < 1.29 is 19.1 Å². The molecule has 0 saturated carbocycles. The van der Waals surface area contributed by atoms with Crippen molar-refractivity contribution in [2.75, 3.05) is 11.5 Å². The Kier molecular flexibility index (Phi) is 4.86. The molecule has 2 atom stereocenters. The van der Waals surface area contributed by atoms with Gasteiger partial charge in [0.15, 0.2) is 12.4 Å². The van der Waals surface area contributed by atoms with E-state index in [1.165, 1.54) is 4.90 Å². The monoisotopic (exact) mass is 485 g/mol. The second-order valence-electron chi connectivity index (χ2n) is 9.85. The smallest absolute Gasteiger partial charge is 0.238 e. The molecule has 0 N–H and O–H groups in total. The molecule has 0 unspecified atom stereocenters. The van der Waals surface area contributed by atoms with Crippen LogP contribution < -0.4 is 9.64 Å². The lowest BCUT2D eigenvalue weighted by molar-refractivity contribution is -0.122. The standard InChI is InChI=1S/C32H23NO4/c34-26(19-9-2-1-3-10-19)18-37-21-12-8-11-20(17-21)33-31(35)29-27-22-13-4-5-14-23(22)28(30(29)32(33)36)25-16-7-6-15-24(25)27/h1-17,27-30H,18H2/t27?,28?,29-,30+. The van der Waals surface area contributed by atoms with Gasteiger partial charge in [-0.3, -0.25) is 14.4 Å². The summed E-state index contributed by atoms with van der Waals surface area (Å²) >= 11 is 0. The molecule has 1 heterocycles. The lowest BCUT2D eigenvalue weighted by atomic mass is 9.55. The van der Waals surface area contributed by atoms with Crippen LogP contribution in [0.15, 0.2) is 103 Å². The Morgan fingerprint density at radius 2 is 1.16 bits per heavy atom. The third-order valence-electron chi connectivity index (χ3n) is 7.99. The number of imide groups is 1. The van der Waals surface area contributed by atoms with Crippen molar-refractivity contribution in [3.8, 4) is 5.75 Å². The molecule has 0 spiro atoms. The minimum Gasteiger partial charge on any atom is -0.485 e. The Bertz CT molecular complexity index is 1460. The Labute approximate surface area is 214 Å². The highest BCUT2D eigenvalue weighted by Crippen LogP contribution is 2.61. The normalized spacial score (nSPS) is 22.9. The van der Waals surface area contributed by atoms with E-state index in [0.717, 1.165) is 22.3 Å². The lowest BCUT2D eigenvalue weighted by Gasteiger charge is -2.45. The zero-order valence-corrected chi connectivity index (χ0v) is 19.9. The molecule has 4 aromatic rings. The van der Waals surface area contributed by atoms with Crippen molar-refractivity contribution in [1.29, 1.82) is 0 Å². The van der Waals surface area contributed by atoms with Crippen molar-refractivity contribution in [3.63, 3.8) is 0 Å². The highest BCUT2D eigenvalue weighted by Gasteiger charge is 2.61. The number of ketones is 1. The van der Waals surface area contributed by atoms with E-state index in [2.05, 4.69) is 24.3 Å². The van der Waals surface area contributed by atoms with Crippen LogP contribution in [0.25, 0.3) is 0 Å². The molecule has 4 aromatic carbocycles. The first-order chi connectivity index (χ1) is 18.1. The minimum absolute atomic E-state index is 0.130. The van der Waals surface area contributed by atoms with Gasteiger partial charge in [-0.1, -0.05) is 84.9 Å². The topological polar surface area (TPSA) is 63.7 Å². The summed E-state index contributed by atoms with van der Waals surface area (Å²) < 4.78 is 5.77. The molecule has 37 heavy (non-hydrogen) atoms. The fourth-order valence-corrected chi connectivity index (χ4v) is 6.50. The van der Waals surface area contributed by atoms with Crippen LogP contribution in [0.4, 0.5) is 5.69 Å². The molecule has 1 aliphatic heterocycles. The fourth-order valence-electron chi connectivity index (χ4n) is 6.50. The molecule has 180 valence electrons. The van der Waals surface area contributed by atoms with Crippen molar-refractivity contribution in [2.45, 2.75) is 11.8 Å². The summed E-state index contributed by atoms with van der Waals surface area (Å²) in [5.74, 6) is -1.22. The van der Waals surface area contributed by atoms with E-state index in [1.807, 2.05) is 42.5 Å². The van der Waals surface area contributed by atoms with E-state index in [9.17, 15) is 14.4 Å². The number of Topliss-reactive ketones (excluding diaryl/α,β-unsaturated/α-hetero) is 1. The molecular weight excluding hydrogens is 462 g/mol. The Morgan fingerprint density at radius 1 is 0.649 bits per heavy atom. The molecule has 8 rings (SSSR count). The van der Waals surface area contributed by atoms with Crippen LogP contribution in [0, 0.1) is 11.8 Å². The van der Waals surface area contributed by atoms with Crippen LogP contribution in [0.3, 0.4) is 0 Å². The Balaban J connectivity index is 1.22. The second-order valence-corrected chi connectivity index (χ2v) is 9.85. The van der Waals surface area contributed by atoms with Gasteiger partial charge < -0.3 is 4.74 Å². The third-order valence-corrected chi connectivity index (χ3v) is 7.99. The summed E-state index contributed by atoms with van der Waals surface area (Å²) in [6.45, 7) is -0.130. The van der Waals surface area contributed by atoms with Gasteiger partial charge in [-0.25, -0.2) is 4.90 Å². The average Bonchev–Trinajstić information content (AvgIpc) is 3.22. The van der Waals surface area contributed by atoms with E-state index in [4.69, 9.17) is 4.74 Å². The number of hydrogen-bond donors (Lipinski definition) is 0. The Hall–Kier alpha value is -4.51. The first kappa shape index (κ1) is 21.7. The molecule has 0 aromatic heterocycles. The zero-order chi connectivity index (χ0) is 25.1. The molecule has 4 aliphatic rings. The number of nitrogens with zero attached hydrogens (tertiary/aromatic N) is 1. The number of benzene rings is 4. The summed E-state index contributed by atoms with van der Waals surface area (Å²) in [6.07, 6.45) is 0. The highest BCUT2D eigenvalue weighted by atomic mass is 16.5. The van der Waals surface area contributed by atoms with Crippen molar-refractivity contribution >= 4 is 23.3 Å². The number of hydrogen-bond acceptors (Lipinski definition) is 4. The number of rotatable bonds is 5. The summed E-state index contributed by atoms with van der Waals surface area (Å²) in [5, 5.41) is 0. The molecule has 3 aliphatic carbocycles. The average molecular weight is 486 g/mol. The molecule has 2 amide bonds. The number of carbonyl (C=O) groups excluding carboxylic acids is 3. The van der Waals surface area contributed by atoms with Crippen LogP contribution in [0.1, 0.15) is 44.4 Å². The maximum atomic E-state index is 13.9. The minimum atomic E-state index is -0.438. The SMILES string of the molecule is O=C(COc1cccc(N2C(=O)[C@@H]3C4c5ccccc5C(c5ccccc54)[C@@H]3C2=O)c1)c1ccccc1. The predicted molar refractivity (Wildman–Crippen MR) is 139 cm³/mol. The molecule has 5 nitrogen and oxygen atoms in total. The van der Waals surface area contributed by atoms with Crippen LogP contribution in [0.5, 0.6) is 5.75 Å². The van der Waals surface area contributed by atoms with Gasteiger partial charge >= 0.3 is 0 Å². The van der Waals surface area contributed by atoms with E-state index in [-0.39, 0.29) is 36.0 Å². The lowest BCUT2D eigenvalue weighted by Crippen LogP contribution is -2.41. The van der Waals surface area contributed by atoms with Gasteiger partial charge in [0.1, 0.15) is 5.75 Å². The largest absolute Gasteiger partial charge is 0.485 e. The van der Waals surface area contributed by atoms with Gasteiger partial charge in [0.25, 0.3) is 0 Å². The van der Waals surface area contributed by atoms with Crippen molar-refractivity contribution in [1.82, 2.24) is 0 Å². The van der Waals surface area contributed by atoms with Gasteiger partial charge in [0.2, 0.25) is 11.8 Å². The van der Waals surface area contributed by atoms with E-state index in [1.54, 1.807) is 36.4 Å².